The van der Waals surface area contributed by atoms with Gasteiger partial charge in [-0.25, -0.2) is 4.79 Å². The Morgan fingerprint density at radius 3 is 2.74 bits per heavy atom. The first-order chi connectivity index (χ1) is 15.1. The van der Waals surface area contributed by atoms with Crippen molar-refractivity contribution in [3.05, 3.63) is 57.7 Å². The number of rotatable bonds is 5. The number of nitrogens with zero attached hydrogens (tertiary/aromatic N) is 6. The van der Waals surface area contributed by atoms with Gasteiger partial charge in [-0.2, -0.15) is 4.98 Å². The van der Waals surface area contributed by atoms with Gasteiger partial charge in [-0.15, -0.1) is 17.5 Å². The minimum absolute atomic E-state index is 0.0817. The van der Waals surface area contributed by atoms with E-state index >= 15 is 0 Å². The summed E-state index contributed by atoms with van der Waals surface area (Å²) in [7, 11) is 0. The molecule has 0 N–H and O–H groups in total. The molecule has 0 saturated carbocycles. The van der Waals surface area contributed by atoms with Crippen molar-refractivity contribution in [3.63, 3.8) is 0 Å². The Kier molecular flexibility index (Phi) is 6.04. The van der Waals surface area contributed by atoms with Crippen LogP contribution in [-0.4, -0.2) is 32.2 Å². The molecular weight excluding hydrogens is 388 g/mol. The quantitative estimate of drug-likeness (QED) is 0.472. The summed E-state index contributed by atoms with van der Waals surface area (Å²) >= 11 is 0. The highest BCUT2D eigenvalue weighted by Crippen LogP contribution is 2.26. The van der Waals surface area contributed by atoms with Crippen molar-refractivity contribution >= 4 is 23.1 Å². The Morgan fingerprint density at radius 2 is 2.03 bits per heavy atom. The maximum absolute atomic E-state index is 13.5. The van der Waals surface area contributed by atoms with Crippen LogP contribution >= 0.6 is 0 Å². The number of aryl methyl sites for hydroxylation is 1. The molecule has 1 unspecified atom stereocenters. The summed E-state index contributed by atoms with van der Waals surface area (Å²) in [6.45, 7) is 14.1. The van der Waals surface area contributed by atoms with Gasteiger partial charge in [-0.1, -0.05) is 43.2 Å². The van der Waals surface area contributed by atoms with E-state index in [0.717, 1.165) is 31.0 Å². The first-order valence-corrected chi connectivity index (χ1v) is 10.7. The van der Waals surface area contributed by atoms with E-state index in [0.29, 0.717) is 36.6 Å². The van der Waals surface area contributed by atoms with Gasteiger partial charge in [-0.3, -0.25) is 9.13 Å². The lowest BCUT2D eigenvalue weighted by Gasteiger charge is -2.31. The van der Waals surface area contributed by atoms with Crippen molar-refractivity contribution in [3.8, 4) is 11.8 Å². The standard InChI is InChI=1S/C24H26N6O/c1-4-5-15-29-20-21(27-24(29)28-14-9-10-18(2)17-28)26-23(25-3)30(22(20)31)16-13-19-11-7-6-8-12-19/h6-8,11-12,18H,9-10,13-17H2,1-2H3. The van der Waals surface area contributed by atoms with E-state index in [1.54, 1.807) is 6.92 Å². The van der Waals surface area contributed by atoms with Crippen molar-refractivity contribution in [2.45, 2.75) is 46.2 Å². The molecule has 1 aliphatic rings. The molecule has 0 amide bonds. The summed E-state index contributed by atoms with van der Waals surface area (Å²) in [5.41, 5.74) is 1.64. The summed E-state index contributed by atoms with van der Waals surface area (Å²) in [5.74, 6) is 7.37. The monoisotopic (exact) mass is 414 g/mol. The smallest absolute Gasteiger partial charge is 0.343 e. The number of benzene rings is 1. The molecular formula is C24H26N6O. The van der Waals surface area contributed by atoms with E-state index in [2.05, 4.69) is 33.5 Å². The molecule has 31 heavy (non-hydrogen) atoms. The fourth-order valence-corrected chi connectivity index (χ4v) is 4.18. The van der Waals surface area contributed by atoms with E-state index in [4.69, 9.17) is 11.6 Å². The normalized spacial score (nSPS) is 16.0. The summed E-state index contributed by atoms with van der Waals surface area (Å²) in [4.78, 5) is 28.5. The minimum atomic E-state index is -0.228. The Hall–Kier alpha value is -3.58. The predicted molar refractivity (Wildman–Crippen MR) is 122 cm³/mol. The predicted octanol–water partition coefficient (Wildman–Crippen LogP) is 3.65. The van der Waals surface area contributed by atoms with Crippen molar-refractivity contribution in [2.75, 3.05) is 18.0 Å². The van der Waals surface area contributed by atoms with E-state index in [1.807, 2.05) is 34.9 Å². The van der Waals surface area contributed by atoms with Gasteiger partial charge in [0.2, 0.25) is 11.6 Å². The molecule has 7 nitrogen and oxygen atoms in total. The van der Waals surface area contributed by atoms with Crippen LogP contribution < -0.4 is 10.5 Å². The third-order valence-corrected chi connectivity index (χ3v) is 5.74. The molecule has 0 aliphatic carbocycles. The topological polar surface area (TPSA) is 60.3 Å². The summed E-state index contributed by atoms with van der Waals surface area (Å²) < 4.78 is 3.36. The van der Waals surface area contributed by atoms with Gasteiger partial charge >= 0.3 is 11.5 Å². The molecule has 1 atom stereocenters. The summed E-state index contributed by atoms with van der Waals surface area (Å²) in [6, 6.07) is 9.94. The fourth-order valence-electron chi connectivity index (χ4n) is 4.18. The largest absolute Gasteiger partial charge is 0.396 e. The van der Waals surface area contributed by atoms with Crippen LogP contribution in [0.5, 0.6) is 0 Å². The van der Waals surface area contributed by atoms with Gasteiger partial charge in [0.05, 0.1) is 13.1 Å². The molecule has 0 bridgehead atoms. The molecule has 1 saturated heterocycles. The SMILES string of the molecule is [C-]#[N+]c1nc2nc(N3CCCC(C)C3)n(CC#CC)c2c(=O)n1CCc1ccccc1. The molecule has 1 aromatic carbocycles. The number of aromatic nitrogens is 4. The minimum Gasteiger partial charge on any atom is -0.396 e. The van der Waals surface area contributed by atoms with Crippen molar-refractivity contribution < 1.29 is 0 Å². The highest BCUT2D eigenvalue weighted by atomic mass is 16.1. The molecule has 3 aromatic rings. The summed E-state index contributed by atoms with van der Waals surface area (Å²) in [5, 5.41) is 0. The number of anilines is 1. The molecule has 7 heteroatoms. The number of hydrogen-bond acceptors (Lipinski definition) is 4. The van der Waals surface area contributed by atoms with E-state index in [1.165, 1.54) is 11.0 Å². The number of imidazole rings is 1. The van der Waals surface area contributed by atoms with Gasteiger partial charge in [-0.05, 0) is 31.2 Å². The number of hydrogen-bond donors (Lipinski definition) is 0. The molecule has 3 heterocycles. The molecule has 4 rings (SSSR count). The zero-order valence-electron chi connectivity index (χ0n) is 18.0. The second kappa shape index (κ2) is 9.06. The fraction of sp³-hybridized carbons (Fsp3) is 0.417. The third-order valence-electron chi connectivity index (χ3n) is 5.74. The molecule has 2 aromatic heterocycles. The van der Waals surface area contributed by atoms with Gasteiger partial charge < -0.3 is 9.74 Å². The second-order valence-corrected chi connectivity index (χ2v) is 8.01. The number of piperidine rings is 1. The van der Waals surface area contributed by atoms with E-state index < -0.39 is 0 Å². The molecule has 0 spiro atoms. The maximum Gasteiger partial charge on any atom is 0.343 e. The van der Waals surface area contributed by atoms with Gasteiger partial charge in [0.25, 0.3) is 0 Å². The number of fused-ring (bicyclic) bond motifs is 1. The van der Waals surface area contributed by atoms with E-state index in [9.17, 15) is 4.79 Å². The zero-order chi connectivity index (χ0) is 21.8. The highest BCUT2D eigenvalue weighted by molar-refractivity contribution is 5.76. The lowest BCUT2D eigenvalue weighted by Crippen LogP contribution is -2.36. The average Bonchev–Trinajstić information content (AvgIpc) is 3.16. The Labute approximate surface area is 182 Å². The first-order valence-electron chi connectivity index (χ1n) is 10.7. The van der Waals surface area contributed by atoms with Gasteiger partial charge in [0.15, 0.2) is 5.52 Å². The Balaban J connectivity index is 1.82. The lowest BCUT2D eigenvalue weighted by atomic mass is 10.0. The Morgan fingerprint density at radius 1 is 1.23 bits per heavy atom. The second-order valence-electron chi connectivity index (χ2n) is 8.01. The van der Waals surface area contributed by atoms with Crippen LogP contribution in [0.4, 0.5) is 11.9 Å². The molecule has 1 fully saturated rings. The average molecular weight is 415 g/mol. The van der Waals surface area contributed by atoms with Crippen LogP contribution in [0.1, 0.15) is 32.3 Å². The lowest BCUT2D eigenvalue weighted by molar-refractivity contribution is 0.439. The van der Waals surface area contributed by atoms with Crippen LogP contribution in [0.15, 0.2) is 35.1 Å². The molecule has 158 valence electrons. The van der Waals surface area contributed by atoms with Crippen LogP contribution in [-0.2, 0) is 19.5 Å². The molecule has 1 aliphatic heterocycles. The maximum atomic E-state index is 13.5. The highest BCUT2D eigenvalue weighted by Gasteiger charge is 2.26. The summed E-state index contributed by atoms with van der Waals surface area (Å²) in [6.07, 6.45) is 2.93. The van der Waals surface area contributed by atoms with Crippen molar-refractivity contribution in [1.82, 2.24) is 19.1 Å². The third kappa shape index (κ3) is 4.18. The zero-order valence-corrected chi connectivity index (χ0v) is 18.0. The van der Waals surface area contributed by atoms with Crippen LogP contribution in [0.25, 0.3) is 16.0 Å². The van der Waals surface area contributed by atoms with Crippen molar-refractivity contribution in [2.24, 2.45) is 5.92 Å². The first kappa shape index (κ1) is 20.7. The van der Waals surface area contributed by atoms with Crippen LogP contribution in [0, 0.1) is 24.3 Å². The molecule has 0 radical (unpaired) electrons. The van der Waals surface area contributed by atoms with Gasteiger partial charge in [0.1, 0.15) is 0 Å². The van der Waals surface area contributed by atoms with Gasteiger partial charge in [0, 0.05) is 19.5 Å². The van der Waals surface area contributed by atoms with E-state index in [-0.39, 0.29) is 11.5 Å². The Bertz CT molecular complexity index is 1240. The van der Waals surface area contributed by atoms with Crippen LogP contribution in [0.3, 0.4) is 0 Å². The van der Waals surface area contributed by atoms with Crippen LogP contribution in [0.2, 0.25) is 0 Å². The van der Waals surface area contributed by atoms with Crippen molar-refractivity contribution in [1.29, 1.82) is 0 Å².